The first-order valence-corrected chi connectivity index (χ1v) is 6.30. The molecule has 0 aliphatic carbocycles. The zero-order valence-electron chi connectivity index (χ0n) is 11.9. The summed E-state index contributed by atoms with van der Waals surface area (Å²) in [5.74, 6) is 0. The number of aromatic nitrogens is 4. The lowest BCUT2D eigenvalue weighted by atomic mass is 9.85. The van der Waals surface area contributed by atoms with Gasteiger partial charge in [-0.15, -0.1) is 0 Å². The first kappa shape index (κ1) is 12.9. The Morgan fingerprint density at radius 3 is 2.44 bits per heavy atom. The molecule has 0 saturated heterocycles. The Hall–Kier alpha value is -1.58. The molecular formula is C14H22N4. The highest BCUT2D eigenvalue weighted by atomic mass is 15.1. The molecular weight excluding hydrogens is 224 g/mol. The minimum absolute atomic E-state index is 0.0354. The monoisotopic (exact) mass is 246 g/mol. The van der Waals surface area contributed by atoms with Gasteiger partial charge >= 0.3 is 0 Å². The number of rotatable bonds is 3. The minimum atomic E-state index is 0.0354. The van der Waals surface area contributed by atoms with Crippen molar-refractivity contribution in [1.29, 1.82) is 0 Å². The largest absolute Gasteiger partial charge is 0.333 e. The summed E-state index contributed by atoms with van der Waals surface area (Å²) in [6.45, 7) is 12.0. The fraction of sp³-hybridized carbons (Fsp3) is 0.571. The number of aromatic amines is 1. The molecule has 1 N–H and O–H groups in total. The molecule has 0 amide bonds. The summed E-state index contributed by atoms with van der Waals surface area (Å²) in [5, 5.41) is 6.92. The van der Waals surface area contributed by atoms with Crippen molar-refractivity contribution in [2.75, 3.05) is 0 Å². The van der Waals surface area contributed by atoms with Crippen LogP contribution in [0.15, 0.2) is 24.9 Å². The lowest BCUT2D eigenvalue weighted by Gasteiger charge is -2.28. The second-order valence-corrected chi connectivity index (χ2v) is 6.53. The molecule has 0 radical (unpaired) electrons. The topological polar surface area (TPSA) is 46.5 Å². The molecule has 18 heavy (non-hydrogen) atoms. The van der Waals surface area contributed by atoms with Crippen molar-refractivity contribution < 1.29 is 0 Å². The van der Waals surface area contributed by atoms with Crippen molar-refractivity contribution in [1.82, 2.24) is 19.7 Å². The van der Waals surface area contributed by atoms with Gasteiger partial charge in [0.05, 0.1) is 12.5 Å². The van der Waals surface area contributed by atoms with E-state index in [1.165, 1.54) is 11.3 Å². The molecule has 2 rings (SSSR count). The van der Waals surface area contributed by atoms with Gasteiger partial charge in [-0.25, -0.2) is 4.98 Å². The van der Waals surface area contributed by atoms with E-state index in [0.717, 1.165) is 6.54 Å². The maximum Gasteiger partial charge on any atom is 0.0948 e. The molecule has 2 aromatic rings. The highest BCUT2D eigenvalue weighted by molar-refractivity contribution is 5.18. The van der Waals surface area contributed by atoms with E-state index < -0.39 is 0 Å². The SMILES string of the molecule is CC(C)(C)c1cncn1CC(C)(C)c1cn[nH]c1. The summed E-state index contributed by atoms with van der Waals surface area (Å²) < 4.78 is 2.24. The molecule has 0 saturated carbocycles. The summed E-state index contributed by atoms with van der Waals surface area (Å²) in [4.78, 5) is 4.29. The fourth-order valence-electron chi connectivity index (χ4n) is 2.21. The maximum absolute atomic E-state index is 4.29. The van der Waals surface area contributed by atoms with Crippen LogP contribution in [0.1, 0.15) is 45.9 Å². The second-order valence-electron chi connectivity index (χ2n) is 6.53. The van der Waals surface area contributed by atoms with E-state index in [0.29, 0.717) is 0 Å². The number of hydrogen-bond donors (Lipinski definition) is 1. The minimum Gasteiger partial charge on any atom is -0.333 e. The summed E-state index contributed by atoms with van der Waals surface area (Å²) in [5.41, 5.74) is 2.63. The van der Waals surface area contributed by atoms with Gasteiger partial charge in [-0.1, -0.05) is 34.6 Å². The Morgan fingerprint density at radius 1 is 1.17 bits per heavy atom. The molecule has 0 fully saturated rings. The Kier molecular flexibility index (Phi) is 3.05. The molecule has 0 aliphatic rings. The number of nitrogens with zero attached hydrogens (tertiary/aromatic N) is 3. The summed E-state index contributed by atoms with van der Waals surface area (Å²) in [7, 11) is 0. The average Bonchev–Trinajstić information content (AvgIpc) is 2.83. The van der Waals surface area contributed by atoms with E-state index in [4.69, 9.17) is 0 Å². The van der Waals surface area contributed by atoms with Crippen LogP contribution >= 0.6 is 0 Å². The van der Waals surface area contributed by atoms with E-state index in [1.54, 1.807) is 0 Å². The zero-order valence-corrected chi connectivity index (χ0v) is 11.9. The number of imidazole rings is 1. The van der Waals surface area contributed by atoms with Gasteiger partial charge in [0.2, 0.25) is 0 Å². The number of hydrogen-bond acceptors (Lipinski definition) is 2. The van der Waals surface area contributed by atoms with Crippen molar-refractivity contribution in [2.45, 2.75) is 52.0 Å². The second kappa shape index (κ2) is 4.26. The predicted octanol–water partition coefficient (Wildman–Crippen LogP) is 2.88. The van der Waals surface area contributed by atoms with Crippen LogP contribution in [-0.2, 0) is 17.4 Å². The third-order valence-electron chi connectivity index (χ3n) is 3.33. The first-order chi connectivity index (χ1) is 8.31. The molecule has 0 atom stereocenters. The molecule has 0 spiro atoms. The summed E-state index contributed by atoms with van der Waals surface area (Å²) >= 11 is 0. The molecule has 2 aromatic heterocycles. The Balaban J connectivity index is 2.28. The zero-order chi connectivity index (χ0) is 13.4. The molecule has 0 aromatic carbocycles. The van der Waals surface area contributed by atoms with E-state index in [-0.39, 0.29) is 10.8 Å². The Bertz CT molecular complexity index is 500. The highest BCUT2D eigenvalue weighted by Gasteiger charge is 2.26. The third-order valence-corrected chi connectivity index (χ3v) is 3.33. The van der Waals surface area contributed by atoms with E-state index in [9.17, 15) is 0 Å². The van der Waals surface area contributed by atoms with Crippen LogP contribution in [0.5, 0.6) is 0 Å². The number of nitrogens with one attached hydrogen (secondary N) is 1. The van der Waals surface area contributed by atoms with Crippen molar-refractivity contribution >= 4 is 0 Å². The van der Waals surface area contributed by atoms with Crippen LogP contribution in [0.25, 0.3) is 0 Å². The lowest BCUT2D eigenvalue weighted by Crippen LogP contribution is -2.27. The third kappa shape index (κ3) is 2.47. The summed E-state index contributed by atoms with van der Waals surface area (Å²) in [6, 6.07) is 0. The normalized spacial score (nSPS) is 12.9. The number of H-pyrrole nitrogens is 1. The first-order valence-electron chi connectivity index (χ1n) is 6.30. The molecule has 4 nitrogen and oxygen atoms in total. The van der Waals surface area contributed by atoms with Crippen LogP contribution in [0, 0.1) is 0 Å². The average molecular weight is 246 g/mol. The van der Waals surface area contributed by atoms with Gasteiger partial charge < -0.3 is 4.57 Å². The van der Waals surface area contributed by atoms with Gasteiger partial charge in [-0.3, -0.25) is 5.10 Å². The fourth-order valence-corrected chi connectivity index (χ4v) is 2.21. The maximum atomic E-state index is 4.29. The van der Waals surface area contributed by atoms with Gasteiger partial charge in [0.15, 0.2) is 0 Å². The van der Waals surface area contributed by atoms with Crippen molar-refractivity contribution in [3.8, 4) is 0 Å². The molecule has 4 heteroatoms. The van der Waals surface area contributed by atoms with Crippen molar-refractivity contribution in [3.63, 3.8) is 0 Å². The van der Waals surface area contributed by atoms with Crippen molar-refractivity contribution in [3.05, 3.63) is 36.2 Å². The van der Waals surface area contributed by atoms with E-state index in [1.807, 2.05) is 24.9 Å². The van der Waals surface area contributed by atoms with Crippen LogP contribution in [-0.4, -0.2) is 19.7 Å². The van der Waals surface area contributed by atoms with Crippen LogP contribution in [0.2, 0.25) is 0 Å². The van der Waals surface area contributed by atoms with Crippen molar-refractivity contribution in [2.24, 2.45) is 0 Å². The standard InChI is InChI=1S/C14H22N4/c1-13(2,3)12-8-15-10-18(12)9-14(4,5)11-6-16-17-7-11/h6-8,10H,9H2,1-5H3,(H,16,17). The predicted molar refractivity (Wildman–Crippen MR) is 72.5 cm³/mol. The Labute approximate surface area is 108 Å². The van der Waals surface area contributed by atoms with Crippen LogP contribution < -0.4 is 0 Å². The summed E-state index contributed by atoms with van der Waals surface area (Å²) in [6.07, 6.45) is 7.75. The molecule has 0 aliphatic heterocycles. The molecule has 0 unspecified atom stereocenters. The van der Waals surface area contributed by atoms with Crippen LogP contribution in [0.3, 0.4) is 0 Å². The smallest absolute Gasteiger partial charge is 0.0948 e. The van der Waals surface area contributed by atoms with Gasteiger partial charge in [0, 0.05) is 35.5 Å². The van der Waals surface area contributed by atoms with Crippen LogP contribution in [0.4, 0.5) is 0 Å². The quantitative estimate of drug-likeness (QED) is 0.905. The molecule has 2 heterocycles. The molecule has 98 valence electrons. The Morgan fingerprint density at radius 2 is 1.89 bits per heavy atom. The molecule has 0 bridgehead atoms. The van der Waals surface area contributed by atoms with Gasteiger partial charge in [0.25, 0.3) is 0 Å². The highest BCUT2D eigenvalue weighted by Crippen LogP contribution is 2.28. The van der Waals surface area contributed by atoms with Gasteiger partial charge in [-0.05, 0) is 5.56 Å². The van der Waals surface area contributed by atoms with Gasteiger partial charge in [0.1, 0.15) is 0 Å². The van der Waals surface area contributed by atoms with E-state index >= 15 is 0 Å². The van der Waals surface area contributed by atoms with Gasteiger partial charge in [-0.2, -0.15) is 5.10 Å². The lowest BCUT2D eigenvalue weighted by molar-refractivity contribution is 0.406. The van der Waals surface area contributed by atoms with E-state index in [2.05, 4.69) is 54.4 Å².